The van der Waals surface area contributed by atoms with Crippen molar-refractivity contribution in [2.24, 2.45) is 0 Å². The zero-order valence-corrected chi connectivity index (χ0v) is 13.7. The van der Waals surface area contributed by atoms with E-state index in [1.165, 1.54) is 0 Å². The normalized spacial score (nSPS) is 10.2. The maximum Gasteiger partial charge on any atom is 0.262 e. The van der Waals surface area contributed by atoms with Crippen molar-refractivity contribution in [2.45, 2.75) is 26.7 Å². The lowest BCUT2D eigenvalue weighted by Gasteiger charge is -2.10. The van der Waals surface area contributed by atoms with Gasteiger partial charge in [0, 0.05) is 11.8 Å². The number of aryl methyl sites for hydroxylation is 1. The van der Waals surface area contributed by atoms with Gasteiger partial charge in [-0.05, 0) is 43.2 Å². The first-order chi connectivity index (χ1) is 11.2. The van der Waals surface area contributed by atoms with Gasteiger partial charge in [-0.3, -0.25) is 4.79 Å². The molecule has 2 aromatic rings. The van der Waals surface area contributed by atoms with Crippen LogP contribution in [0.2, 0.25) is 0 Å². The monoisotopic (exact) mass is 313 g/mol. The van der Waals surface area contributed by atoms with Crippen molar-refractivity contribution < 1.29 is 14.3 Å². The molecule has 0 fully saturated rings. The molecule has 0 radical (unpaired) electrons. The van der Waals surface area contributed by atoms with Crippen LogP contribution in [-0.4, -0.2) is 19.1 Å². The molecule has 1 amide bonds. The molecule has 0 aliphatic heterocycles. The van der Waals surface area contributed by atoms with E-state index in [2.05, 4.69) is 12.2 Å². The van der Waals surface area contributed by atoms with Crippen molar-refractivity contribution in [1.29, 1.82) is 0 Å². The van der Waals surface area contributed by atoms with Crippen LogP contribution in [0.15, 0.2) is 48.5 Å². The number of benzene rings is 2. The molecule has 0 saturated carbocycles. The molecular weight excluding hydrogens is 290 g/mol. The van der Waals surface area contributed by atoms with Crippen molar-refractivity contribution in [1.82, 2.24) is 0 Å². The van der Waals surface area contributed by atoms with E-state index in [0.717, 1.165) is 29.8 Å². The van der Waals surface area contributed by atoms with Gasteiger partial charge in [-0.15, -0.1) is 0 Å². The van der Waals surface area contributed by atoms with E-state index in [0.29, 0.717) is 12.4 Å². The maximum absolute atomic E-state index is 11.9. The molecule has 2 aromatic carbocycles. The highest BCUT2D eigenvalue weighted by molar-refractivity contribution is 5.91. The highest BCUT2D eigenvalue weighted by Gasteiger charge is 2.05. The quantitative estimate of drug-likeness (QED) is 0.743. The van der Waals surface area contributed by atoms with Crippen LogP contribution in [0.25, 0.3) is 0 Å². The Kier molecular flexibility index (Phi) is 6.48. The van der Waals surface area contributed by atoms with Gasteiger partial charge in [0.05, 0.1) is 6.61 Å². The molecular formula is C19H23NO3. The van der Waals surface area contributed by atoms with E-state index in [-0.39, 0.29) is 12.5 Å². The third-order valence-electron chi connectivity index (χ3n) is 3.24. The fourth-order valence-corrected chi connectivity index (χ4v) is 2.06. The van der Waals surface area contributed by atoms with Crippen LogP contribution in [0.5, 0.6) is 11.5 Å². The first-order valence-electron chi connectivity index (χ1n) is 7.89. The van der Waals surface area contributed by atoms with Gasteiger partial charge in [0.25, 0.3) is 5.91 Å². The molecule has 2 rings (SSSR count). The van der Waals surface area contributed by atoms with Crippen LogP contribution in [0.4, 0.5) is 5.69 Å². The van der Waals surface area contributed by atoms with Gasteiger partial charge in [0.2, 0.25) is 0 Å². The predicted molar refractivity (Wildman–Crippen MR) is 92.1 cm³/mol. The smallest absolute Gasteiger partial charge is 0.262 e. The molecule has 122 valence electrons. The first kappa shape index (κ1) is 16.9. The summed E-state index contributed by atoms with van der Waals surface area (Å²) in [4.78, 5) is 11.9. The van der Waals surface area contributed by atoms with E-state index in [4.69, 9.17) is 9.47 Å². The van der Waals surface area contributed by atoms with Crippen LogP contribution in [0.3, 0.4) is 0 Å². The minimum absolute atomic E-state index is 0.0354. The Morgan fingerprint density at radius 3 is 2.52 bits per heavy atom. The first-order valence-corrected chi connectivity index (χ1v) is 7.89. The predicted octanol–water partition coefficient (Wildman–Crippen LogP) is 4.19. The molecule has 4 heteroatoms. The third kappa shape index (κ3) is 6.02. The van der Waals surface area contributed by atoms with Crippen molar-refractivity contribution >= 4 is 11.6 Å². The lowest BCUT2D eigenvalue weighted by atomic mass is 10.2. The van der Waals surface area contributed by atoms with Crippen LogP contribution >= 0.6 is 0 Å². The molecule has 0 spiro atoms. The van der Waals surface area contributed by atoms with Crippen LogP contribution in [0.1, 0.15) is 25.3 Å². The summed E-state index contributed by atoms with van der Waals surface area (Å²) >= 11 is 0. The number of carbonyl (C=O) groups excluding carboxylic acids is 1. The van der Waals surface area contributed by atoms with E-state index >= 15 is 0 Å². The Morgan fingerprint density at radius 2 is 1.78 bits per heavy atom. The second kappa shape index (κ2) is 8.83. The summed E-state index contributed by atoms with van der Waals surface area (Å²) in [7, 11) is 0. The summed E-state index contributed by atoms with van der Waals surface area (Å²) < 4.78 is 11.1. The molecule has 0 atom stereocenters. The molecule has 0 aliphatic carbocycles. The number of amides is 1. The van der Waals surface area contributed by atoms with Crippen molar-refractivity contribution in [3.63, 3.8) is 0 Å². The number of nitrogens with one attached hydrogen (secondary N) is 1. The minimum atomic E-state index is -0.187. The number of hydrogen-bond donors (Lipinski definition) is 1. The summed E-state index contributed by atoms with van der Waals surface area (Å²) in [6.45, 7) is 4.76. The fourth-order valence-electron chi connectivity index (χ4n) is 2.06. The minimum Gasteiger partial charge on any atom is -0.493 e. The zero-order valence-electron chi connectivity index (χ0n) is 13.7. The lowest BCUT2D eigenvalue weighted by molar-refractivity contribution is -0.118. The highest BCUT2D eigenvalue weighted by atomic mass is 16.5. The molecule has 0 bridgehead atoms. The van der Waals surface area contributed by atoms with Gasteiger partial charge in [-0.1, -0.05) is 31.5 Å². The van der Waals surface area contributed by atoms with Crippen molar-refractivity contribution in [2.75, 3.05) is 18.5 Å². The summed E-state index contributed by atoms with van der Waals surface area (Å²) in [5.74, 6) is 1.20. The average Bonchev–Trinajstić information content (AvgIpc) is 2.54. The molecule has 0 aliphatic rings. The van der Waals surface area contributed by atoms with Gasteiger partial charge in [0.15, 0.2) is 6.61 Å². The number of rotatable bonds is 8. The molecule has 23 heavy (non-hydrogen) atoms. The second-order valence-electron chi connectivity index (χ2n) is 5.38. The topological polar surface area (TPSA) is 47.6 Å². The van der Waals surface area contributed by atoms with E-state index in [9.17, 15) is 4.79 Å². The second-order valence-corrected chi connectivity index (χ2v) is 5.38. The number of anilines is 1. The van der Waals surface area contributed by atoms with Gasteiger partial charge in [-0.2, -0.15) is 0 Å². The summed E-state index contributed by atoms with van der Waals surface area (Å²) in [5.41, 5.74) is 1.87. The Balaban J connectivity index is 1.83. The Hall–Kier alpha value is -2.49. The van der Waals surface area contributed by atoms with Gasteiger partial charge >= 0.3 is 0 Å². The summed E-state index contributed by atoms with van der Waals surface area (Å²) in [6, 6.07) is 15.0. The number of ether oxygens (including phenoxy) is 2. The van der Waals surface area contributed by atoms with E-state index in [1.54, 1.807) is 6.07 Å². The number of hydrogen-bond acceptors (Lipinski definition) is 3. The fraction of sp³-hybridized carbons (Fsp3) is 0.316. The number of unbranched alkanes of at least 4 members (excludes halogenated alkanes) is 1. The standard InChI is InChI=1S/C19H23NO3/c1-3-4-11-22-17-9-6-10-18(13-17)23-14-19(21)20-16-8-5-7-15(2)12-16/h5-10,12-13H,3-4,11,14H2,1-2H3,(H,20,21). The zero-order chi connectivity index (χ0) is 16.5. The maximum atomic E-state index is 11.9. The van der Waals surface area contributed by atoms with Gasteiger partial charge in [0.1, 0.15) is 11.5 Å². The van der Waals surface area contributed by atoms with E-state index < -0.39 is 0 Å². The van der Waals surface area contributed by atoms with E-state index in [1.807, 2.05) is 49.4 Å². The molecule has 0 saturated heterocycles. The highest BCUT2D eigenvalue weighted by Crippen LogP contribution is 2.19. The largest absolute Gasteiger partial charge is 0.493 e. The molecule has 1 N–H and O–H groups in total. The van der Waals surface area contributed by atoms with Crippen LogP contribution < -0.4 is 14.8 Å². The lowest BCUT2D eigenvalue weighted by Crippen LogP contribution is -2.20. The number of carbonyl (C=O) groups is 1. The molecule has 4 nitrogen and oxygen atoms in total. The SMILES string of the molecule is CCCCOc1cccc(OCC(=O)Nc2cccc(C)c2)c1. The third-order valence-corrected chi connectivity index (χ3v) is 3.24. The molecule has 0 aromatic heterocycles. The summed E-state index contributed by atoms with van der Waals surface area (Å²) in [5, 5.41) is 2.81. The van der Waals surface area contributed by atoms with Gasteiger partial charge in [-0.25, -0.2) is 0 Å². The van der Waals surface area contributed by atoms with Gasteiger partial charge < -0.3 is 14.8 Å². The Morgan fingerprint density at radius 1 is 1.04 bits per heavy atom. The Bertz CT molecular complexity index is 640. The van der Waals surface area contributed by atoms with Crippen LogP contribution in [-0.2, 0) is 4.79 Å². The van der Waals surface area contributed by atoms with Crippen molar-refractivity contribution in [3.8, 4) is 11.5 Å². The molecule has 0 heterocycles. The molecule has 0 unspecified atom stereocenters. The Labute approximate surface area is 137 Å². The van der Waals surface area contributed by atoms with Crippen molar-refractivity contribution in [3.05, 3.63) is 54.1 Å². The summed E-state index contributed by atoms with van der Waals surface area (Å²) in [6.07, 6.45) is 2.11. The average molecular weight is 313 g/mol. The van der Waals surface area contributed by atoms with Crippen LogP contribution in [0, 0.1) is 6.92 Å².